The largest absolute Gasteiger partial charge is 0.507 e. The van der Waals surface area contributed by atoms with E-state index in [1.165, 1.54) is 18.3 Å². The molecule has 1 atom stereocenters. The van der Waals surface area contributed by atoms with Gasteiger partial charge in [0.25, 0.3) is 11.7 Å². The van der Waals surface area contributed by atoms with Crippen LogP contribution >= 0.6 is 0 Å². The molecule has 4 rings (SSSR count). The minimum absolute atomic E-state index is 0.0327. The second-order valence-corrected chi connectivity index (χ2v) is 7.06. The first-order valence-corrected chi connectivity index (χ1v) is 9.52. The zero-order valence-electron chi connectivity index (χ0n) is 16.7. The molecule has 1 aliphatic rings. The summed E-state index contributed by atoms with van der Waals surface area (Å²) in [5.74, 6) is -0.723. The maximum atomic E-state index is 13.1. The number of amides is 1. The molecule has 1 saturated heterocycles. The van der Waals surface area contributed by atoms with E-state index < -0.39 is 17.7 Å². The molecule has 1 fully saturated rings. The van der Waals surface area contributed by atoms with E-state index in [-0.39, 0.29) is 17.9 Å². The first-order chi connectivity index (χ1) is 14.5. The van der Waals surface area contributed by atoms with Gasteiger partial charge in [0, 0.05) is 0 Å². The number of para-hydroxylation sites is 1. The average molecular weight is 403 g/mol. The highest BCUT2D eigenvalue weighted by molar-refractivity contribution is 6.46. The fourth-order valence-electron chi connectivity index (χ4n) is 3.82. The van der Waals surface area contributed by atoms with Gasteiger partial charge in [-0.2, -0.15) is 0 Å². The summed E-state index contributed by atoms with van der Waals surface area (Å²) < 4.78 is 10.8. The number of nitrogens with zero attached hydrogens (tertiary/aromatic N) is 1. The second-order valence-electron chi connectivity index (χ2n) is 7.06. The average Bonchev–Trinajstić information content (AvgIpc) is 3.36. The van der Waals surface area contributed by atoms with Crippen LogP contribution in [0.25, 0.3) is 5.76 Å². The van der Waals surface area contributed by atoms with Crippen molar-refractivity contribution in [2.45, 2.75) is 19.5 Å². The number of furan rings is 1. The molecule has 0 aliphatic carbocycles. The number of hydrogen-bond donors (Lipinski definition) is 1. The van der Waals surface area contributed by atoms with Crippen LogP contribution in [0.15, 0.2) is 76.9 Å². The Hall–Kier alpha value is -3.80. The molecule has 0 spiro atoms. The monoisotopic (exact) mass is 403 g/mol. The number of ketones is 1. The van der Waals surface area contributed by atoms with Gasteiger partial charge in [0.2, 0.25) is 0 Å². The van der Waals surface area contributed by atoms with E-state index in [9.17, 15) is 14.7 Å². The van der Waals surface area contributed by atoms with Gasteiger partial charge in [-0.25, -0.2) is 0 Å². The fraction of sp³-hybridized carbons (Fsp3) is 0.167. The molecular formula is C24H21NO5. The van der Waals surface area contributed by atoms with Crippen molar-refractivity contribution >= 4 is 17.4 Å². The molecule has 0 bridgehead atoms. The molecule has 1 unspecified atom stereocenters. The van der Waals surface area contributed by atoms with Crippen LogP contribution in [-0.4, -0.2) is 28.8 Å². The molecule has 30 heavy (non-hydrogen) atoms. The Labute approximate surface area is 174 Å². The van der Waals surface area contributed by atoms with Crippen LogP contribution in [-0.2, 0) is 16.1 Å². The zero-order valence-corrected chi connectivity index (χ0v) is 16.7. The molecule has 6 nitrogen and oxygen atoms in total. The number of rotatable bonds is 5. The minimum Gasteiger partial charge on any atom is -0.507 e. The first-order valence-electron chi connectivity index (χ1n) is 9.52. The van der Waals surface area contributed by atoms with Gasteiger partial charge < -0.3 is 19.2 Å². The Bertz CT molecular complexity index is 1130. The molecule has 1 N–H and O–H groups in total. The van der Waals surface area contributed by atoms with E-state index in [1.807, 2.05) is 31.2 Å². The normalized spacial score (nSPS) is 18.1. The molecule has 1 amide bonds. The highest BCUT2D eigenvalue weighted by atomic mass is 16.5. The van der Waals surface area contributed by atoms with Crippen LogP contribution < -0.4 is 4.74 Å². The molecule has 0 saturated carbocycles. The van der Waals surface area contributed by atoms with Gasteiger partial charge in [-0.3, -0.25) is 9.59 Å². The molecule has 2 aromatic carbocycles. The number of aryl methyl sites for hydroxylation is 1. The highest BCUT2D eigenvalue weighted by Gasteiger charge is 2.47. The Kier molecular flexibility index (Phi) is 5.14. The SMILES string of the molecule is COc1ccccc1/C(O)=C1\C(=O)C(=O)N(Cc2ccco2)C1c1ccccc1C. The topological polar surface area (TPSA) is 80.0 Å². The van der Waals surface area contributed by atoms with Crippen molar-refractivity contribution in [3.63, 3.8) is 0 Å². The third-order valence-corrected chi connectivity index (χ3v) is 5.29. The van der Waals surface area contributed by atoms with E-state index in [4.69, 9.17) is 9.15 Å². The number of methoxy groups -OCH3 is 1. The number of hydrogen-bond acceptors (Lipinski definition) is 5. The summed E-state index contributed by atoms with van der Waals surface area (Å²) >= 11 is 0. The van der Waals surface area contributed by atoms with Crippen molar-refractivity contribution in [3.05, 3.63) is 95.0 Å². The lowest BCUT2D eigenvalue weighted by molar-refractivity contribution is -0.140. The summed E-state index contributed by atoms with van der Waals surface area (Å²) in [6, 6.07) is 17.1. The molecule has 0 radical (unpaired) electrons. The summed E-state index contributed by atoms with van der Waals surface area (Å²) in [6.07, 6.45) is 1.52. The summed E-state index contributed by atoms with van der Waals surface area (Å²) in [7, 11) is 1.49. The number of aliphatic hydroxyl groups excluding tert-OH is 1. The lowest BCUT2D eigenvalue weighted by Gasteiger charge is -2.26. The lowest BCUT2D eigenvalue weighted by Crippen LogP contribution is -2.29. The van der Waals surface area contributed by atoms with Crippen molar-refractivity contribution in [1.82, 2.24) is 4.90 Å². The van der Waals surface area contributed by atoms with Gasteiger partial charge in [-0.15, -0.1) is 0 Å². The van der Waals surface area contributed by atoms with Crippen molar-refractivity contribution < 1.29 is 23.8 Å². The molecule has 2 heterocycles. The zero-order chi connectivity index (χ0) is 21.3. The van der Waals surface area contributed by atoms with Gasteiger partial charge in [-0.1, -0.05) is 36.4 Å². The second kappa shape index (κ2) is 7.91. The Balaban J connectivity index is 1.92. The maximum Gasteiger partial charge on any atom is 0.296 e. The van der Waals surface area contributed by atoms with Gasteiger partial charge in [0.15, 0.2) is 0 Å². The smallest absolute Gasteiger partial charge is 0.296 e. The van der Waals surface area contributed by atoms with E-state index in [1.54, 1.807) is 36.4 Å². The quantitative estimate of drug-likeness (QED) is 0.392. The number of ether oxygens (including phenoxy) is 1. The van der Waals surface area contributed by atoms with Crippen molar-refractivity contribution in [1.29, 1.82) is 0 Å². The Morgan fingerprint density at radius 3 is 2.50 bits per heavy atom. The van der Waals surface area contributed by atoms with Crippen molar-refractivity contribution in [2.24, 2.45) is 0 Å². The van der Waals surface area contributed by atoms with Gasteiger partial charge in [0.1, 0.15) is 17.3 Å². The van der Waals surface area contributed by atoms with Gasteiger partial charge in [-0.05, 0) is 42.3 Å². The van der Waals surface area contributed by atoms with Crippen LogP contribution in [0, 0.1) is 6.92 Å². The molecule has 1 aromatic heterocycles. The van der Waals surface area contributed by atoms with E-state index in [2.05, 4.69) is 0 Å². The summed E-state index contributed by atoms with van der Waals surface area (Å²) in [6.45, 7) is 2.02. The predicted molar refractivity (Wildman–Crippen MR) is 111 cm³/mol. The number of carbonyl (C=O) groups excluding carboxylic acids is 2. The molecule has 1 aliphatic heterocycles. The van der Waals surface area contributed by atoms with E-state index in [0.29, 0.717) is 17.1 Å². The summed E-state index contributed by atoms with van der Waals surface area (Å²) in [5, 5.41) is 11.2. The standard InChI is InChI=1S/C24H21NO5/c1-15-8-3-4-10-17(15)21-20(22(26)18-11-5-6-12-19(18)29-2)23(27)24(28)25(21)14-16-9-7-13-30-16/h3-13,21,26H,14H2,1-2H3/b22-20+. The summed E-state index contributed by atoms with van der Waals surface area (Å²) in [5.41, 5.74) is 2.06. The minimum atomic E-state index is -0.749. The van der Waals surface area contributed by atoms with Crippen molar-refractivity contribution in [2.75, 3.05) is 7.11 Å². The summed E-state index contributed by atoms with van der Waals surface area (Å²) in [4.78, 5) is 27.5. The lowest BCUT2D eigenvalue weighted by atomic mass is 9.92. The van der Waals surface area contributed by atoms with Crippen LogP contribution in [0.5, 0.6) is 5.75 Å². The number of benzene rings is 2. The Morgan fingerprint density at radius 1 is 1.07 bits per heavy atom. The Morgan fingerprint density at radius 2 is 1.80 bits per heavy atom. The van der Waals surface area contributed by atoms with Crippen LogP contribution in [0.2, 0.25) is 0 Å². The molecule has 3 aromatic rings. The van der Waals surface area contributed by atoms with Gasteiger partial charge >= 0.3 is 0 Å². The first kappa shape index (κ1) is 19.5. The van der Waals surface area contributed by atoms with E-state index >= 15 is 0 Å². The molecule has 152 valence electrons. The fourth-order valence-corrected chi connectivity index (χ4v) is 3.82. The van der Waals surface area contributed by atoms with Crippen LogP contribution in [0.4, 0.5) is 0 Å². The maximum absolute atomic E-state index is 13.1. The number of carbonyl (C=O) groups is 2. The number of likely N-dealkylation sites (tertiary alicyclic amines) is 1. The van der Waals surface area contributed by atoms with Crippen LogP contribution in [0.1, 0.15) is 28.5 Å². The number of aliphatic hydroxyl groups is 1. The third-order valence-electron chi connectivity index (χ3n) is 5.29. The van der Waals surface area contributed by atoms with Crippen LogP contribution in [0.3, 0.4) is 0 Å². The van der Waals surface area contributed by atoms with E-state index in [0.717, 1.165) is 11.1 Å². The molecule has 6 heteroatoms. The predicted octanol–water partition coefficient (Wildman–Crippen LogP) is 4.22. The highest BCUT2D eigenvalue weighted by Crippen LogP contribution is 2.42. The molecular weight excluding hydrogens is 382 g/mol. The van der Waals surface area contributed by atoms with Crippen molar-refractivity contribution in [3.8, 4) is 5.75 Å². The third kappa shape index (κ3) is 3.26. The number of Topliss-reactive ketones (excluding diaryl/α,β-unsaturated/α-hetero) is 1. The van der Waals surface area contributed by atoms with Gasteiger partial charge in [0.05, 0.1) is 37.1 Å².